The van der Waals surface area contributed by atoms with Gasteiger partial charge in [0.1, 0.15) is 16.5 Å². The SMILES string of the molecule is Cc1sc(-c2ccccn2)nc1-c1ccc2c(c1)N(CCCOc1ccccc1)C(=O)C(C)O2. The van der Waals surface area contributed by atoms with Crippen molar-refractivity contribution in [2.45, 2.75) is 26.4 Å². The summed E-state index contributed by atoms with van der Waals surface area (Å²) in [5.74, 6) is 1.49. The van der Waals surface area contributed by atoms with Gasteiger partial charge in [-0.1, -0.05) is 24.3 Å². The molecule has 34 heavy (non-hydrogen) atoms. The standard InChI is InChI=1S/C27H25N3O3S/c1-18-27(31)30(15-8-16-32-21-9-4-3-5-10-21)23-17-20(12-13-24(23)33-18)25-19(2)34-26(29-25)22-11-6-7-14-28-22/h3-7,9-14,17-18H,8,15-16H2,1-2H3. The van der Waals surface area contributed by atoms with Gasteiger partial charge in [0.2, 0.25) is 0 Å². The van der Waals surface area contributed by atoms with Gasteiger partial charge in [0.15, 0.2) is 6.10 Å². The predicted molar refractivity (Wildman–Crippen MR) is 135 cm³/mol. The van der Waals surface area contributed by atoms with Crippen LogP contribution in [-0.4, -0.2) is 35.1 Å². The number of carbonyl (C=O) groups excluding carboxylic acids is 1. The number of thiazole rings is 1. The van der Waals surface area contributed by atoms with E-state index in [1.165, 1.54) is 0 Å². The van der Waals surface area contributed by atoms with E-state index in [2.05, 4.69) is 11.9 Å². The number of para-hydroxylation sites is 1. The molecule has 0 saturated carbocycles. The average molecular weight is 472 g/mol. The molecule has 0 radical (unpaired) electrons. The van der Waals surface area contributed by atoms with Crippen molar-refractivity contribution in [3.8, 4) is 33.5 Å². The molecule has 3 heterocycles. The maximum absolute atomic E-state index is 13.0. The number of hydrogen-bond acceptors (Lipinski definition) is 6. The lowest BCUT2D eigenvalue weighted by atomic mass is 10.1. The number of carbonyl (C=O) groups is 1. The lowest BCUT2D eigenvalue weighted by Gasteiger charge is -2.33. The second-order valence-electron chi connectivity index (χ2n) is 8.09. The zero-order chi connectivity index (χ0) is 23.5. The van der Waals surface area contributed by atoms with Gasteiger partial charge in [0.05, 0.1) is 23.7 Å². The van der Waals surface area contributed by atoms with Gasteiger partial charge in [0.25, 0.3) is 5.91 Å². The minimum atomic E-state index is -0.523. The van der Waals surface area contributed by atoms with Gasteiger partial charge in [-0.3, -0.25) is 9.78 Å². The Morgan fingerprint density at radius 2 is 1.91 bits per heavy atom. The molecule has 1 atom stereocenters. The highest BCUT2D eigenvalue weighted by molar-refractivity contribution is 7.15. The average Bonchev–Trinajstić information content (AvgIpc) is 3.26. The number of rotatable bonds is 7. The molecule has 1 amide bonds. The van der Waals surface area contributed by atoms with E-state index in [0.717, 1.165) is 38.3 Å². The summed E-state index contributed by atoms with van der Waals surface area (Å²) in [6.45, 7) is 4.92. The number of anilines is 1. The number of nitrogens with zero attached hydrogens (tertiary/aromatic N) is 3. The highest BCUT2D eigenvalue weighted by atomic mass is 32.1. The number of hydrogen-bond donors (Lipinski definition) is 0. The molecule has 2 aromatic heterocycles. The Morgan fingerprint density at radius 3 is 2.71 bits per heavy atom. The van der Waals surface area contributed by atoms with Crippen LogP contribution in [0.3, 0.4) is 0 Å². The van der Waals surface area contributed by atoms with Gasteiger partial charge in [-0.25, -0.2) is 4.98 Å². The third-order valence-electron chi connectivity index (χ3n) is 5.66. The van der Waals surface area contributed by atoms with E-state index in [9.17, 15) is 4.79 Å². The van der Waals surface area contributed by atoms with Crippen LogP contribution in [0.5, 0.6) is 11.5 Å². The summed E-state index contributed by atoms with van der Waals surface area (Å²) in [6, 6.07) is 21.5. The monoisotopic (exact) mass is 471 g/mol. The first-order valence-corrected chi connectivity index (χ1v) is 12.1. The largest absolute Gasteiger partial charge is 0.494 e. The lowest BCUT2D eigenvalue weighted by Crippen LogP contribution is -2.45. The van der Waals surface area contributed by atoms with Gasteiger partial charge < -0.3 is 14.4 Å². The van der Waals surface area contributed by atoms with E-state index >= 15 is 0 Å². The van der Waals surface area contributed by atoms with Crippen molar-refractivity contribution in [3.05, 3.63) is 77.8 Å². The van der Waals surface area contributed by atoms with Gasteiger partial charge in [-0.2, -0.15) is 0 Å². The molecule has 1 aliphatic heterocycles. The number of aromatic nitrogens is 2. The fourth-order valence-corrected chi connectivity index (χ4v) is 4.89. The van der Waals surface area contributed by atoms with E-state index in [4.69, 9.17) is 14.5 Å². The van der Waals surface area contributed by atoms with E-state index in [1.807, 2.05) is 71.6 Å². The van der Waals surface area contributed by atoms with E-state index in [0.29, 0.717) is 25.3 Å². The van der Waals surface area contributed by atoms with Crippen LogP contribution >= 0.6 is 11.3 Å². The molecule has 0 N–H and O–H groups in total. The summed E-state index contributed by atoms with van der Waals surface area (Å²) >= 11 is 1.61. The molecule has 172 valence electrons. The summed E-state index contributed by atoms with van der Waals surface area (Å²) < 4.78 is 11.7. The van der Waals surface area contributed by atoms with Crippen molar-refractivity contribution in [1.82, 2.24) is 9.97 Å². The maximum Gasteiger partial charge on any atom is 0.267 e. The molecular weight excluding hydrogens is 446 g/mol. The fraction of sp³-hybridized carbons (Fsp3) is 0.222. The number of ether oxygens (including phenoxy) is 2. The minimum Gasteiger partial charge on any atom is -0.494 e. The number of fused-ring (bicyclic) bond motifs is 1. The predicted octanol–water partition coefficient (Wildman–Crippen LogP) is 5.76. The highest BCUT2D eigenvalue weighted by Gasteiger charge is 2.31. The molecule has 6 nitrogen and oxygen atoms in total. The maximum atomic E-state index is 13.0. The van der Waals surface area contributed by atoms with Crippen molar-refractivity contribution in [3.63, 3.8) is 0 Å². The molecular formula is C27H25N3O3S. The summed E-state index contributed by atoms with van der Waals surface area (Å²) in [6.07, 6.45) is 1.95. The Balaban J connectivity index is 1.38. The first-order valence-electron chi connectivity index (χ1n) is 11.3. The molecule has 0 bridgehead atoms. The number of benzene rings is 2. The third-order valence-corrected chi connectivity index (χ3v) is 6.65. The van der Waals surface area contributed by atoms with Crippen LogP contribution in [0.15, 0.2) is 72.9 Å². The molecule has 1 unspecified atom stereocenters. The first kappa shape index (κ1) is 22.1. The second kappa shape index (κ2) is 9.65. The molecule has 5 rings (SSSR count). The Bertz CT molecular complexity index is 1290. The molecule has 1 aliphatic rings. The Kier molecular flexibility index (Phi) is 6.27. The molecule has 0 fully saturated rings. The fourth-order valence-electron chi connectivity index (χ4n) is 3.98. The summed E-state index contributed by atoms with van der Waals surface area (Å²) in [4.78, 5) is 25.2. The number of pyridine rings is 1. The molecule has 0 saturated heterocycles. The number of amides is 1. The highest BCUT2D eigenvalue weighted by Crippen LogP contribution is 2.40. The third kappa shape index (κ3) is 4.52. The zero-order valence-corrected chi connectivity index (χ0v) is 19.9. The van der Waals surface area contributed by atoms with Crippen molar-refractivity contribution < 1.29 is 14.3 Å². The molecule has 0 spiro atoms. The van der Waals surface area contributed by atoms with E-state index in [1.54, 1.807) is 24.5 Å². The molecule has 2 aromatic carbocycles. The Morgan fingerprint density at radius 1 is 1.09 bits per heavy atom. The van der Waals surface area contributed by atoms with Crippen molar-refractivity contribution in [2.75, 3.05) is 18.1 Å². The molecule has 4 aromatic rings. The topological polar surface area (TPSA) is 64.5 Å². The van der Waals surface area contributed by atoms with Crippen LogP contribution in [0.25, 0.3) is 22.0 Å². The van der Waals surface area contributed by atoms with Gasteiger partial charge in [-0.15, -0.1) is 11.3 Å². The summed E-state index contributed by atoms with van der Waals surface area (Å²) in [7, 11) is 0. The van der Waals surface area contributed by atoms with Crippen molar-refractivity contribution in [1.29, 1.82) is 0 Å². The van der Waals surface area contributed by atoms with Crippen molar-refractivity contribution >= 4 is 22.9 Å². The summed E-state index contributed by atoms with van der Waals surface area (Å²) in [5, 5.41) is 0.877. The van der Waals surface area contributed by atoms with Gasteiger partial charge in [-0.05, 0) is 62.7 Å². The second-order valence-corrected chi connectivity index (χ2v) is 9.29. The van der Waals surface area contributed by atoms with Crippen LogP contribution in [0.2, 0.25) is 0 Å². The van der Waals surface area contributed by atoms with Gasteiger partial charge in [0, 0.05) is 23.2 Å². The first-order chi connectivity index (χ1) is 16.6. The number of aryl methyl sites for hydroxylation is 1. The van der Waals surface area contributed by atoms with Crippen LogP contribution in [-0.2, 0) is 4.79 Å². The van der Waals surface area contributed by atoms with Crippen LogP contribution in [0, 0.1) is 6.92 Å². The van der Waals surface area contributed by atoms with E-state index in [-0.39, 0.29) is 5.91 Å². The normalized spacial score (nSPS) is 15.1. The molecule has 0 aliphatic carbocycles. The van der Waals surface area contributed by atoms with E-state index < -0.39 is 6.10 Å². The quantitative estimate of drug-likeness (QED) is 0.321. The van der Waals surface area contributed by atoms with Crippen LogP contribution in [0.4, 0.5) is 5.69 Å². The Labute approximate surface area is 202 Å². The van der Waals surface area contributed by atoms with Crippen LogP contribution in [0.1, 0.15) is 18.2 Å². The van der Waals surface area contributed by atoms with Gasteiger partial charge >= 0.3 is 0 Å². The lowest BCUT2D eigenvalue weighted by molar-refractivity contribution is -0.125. The molecule has 7 heteroatoms. The van der Waals surface area contributed by atoms with Crippen molar-refractivity contribution in [2.24, 2.45) is 0 Å². The Hall–Kier alpha value is -3.71. The van der Waals surface area contributed by atoms with Crippen LogP contribution < -0.4 is 14.4 Å². The zero-order valence-electron chi connectivity index (χ0n) is 19.1. The smallest absolute Gasteiger partial charge is 0.267 e. The minimum absolute atomic E-state index is 0.0477. The summed E-state index contributed by atoms with van der Waals surface area (Å²) in [5.41, 5.74) is 3.47.